The van der Waals surface area contributed by atoms with E-state index in [1.54, 1.807) is 7.11 Å². The van der Waals surface area contributed by atoms with E-state index in [0.717, 1.165) is 11.1 Å². The Kier molecular flexibility index (Phi) is 6.23. The molecule has 0 aromatic heterocycles. The molecule has 0 aliphatic rings. The molecule has 26 heavy (non-hydrogen) atoms. The summed E-state index contributed by atoms with van der Waals surface area (Å²) in [5, 5.41) is 3.28. The zero-order valence-corrected chi connectivity index (χ0v) is 15.5. The SMILES string of the molecule is COc1cc(C(=S)NCc2ccccc2)ccc1OCc1ccccc1. The first-order chi connectivity index (χ1) is 12.8. The Morgan fingerprint density at radius 2 is 1.50 bits per heavy atom. The number of benzene rings is 3. The van der Waals surface area contributed by atoms with Gasteiger partial charge in [0.05, 0.1) is 7.11 Å². The molecule has 0 aliphatic heterocycles. The third-order valence-electron chi connectivity index (χ3n) is 3.96. The number of methoxy groups -OCH3 is 1. The summed E-state index contributed by atoms with van der Waals surface area (Å²) in [5.74, 6) is 1.37. The molecule has 0 spiro atoms. The normalized spacial score (nSPS) is 10.2. The molecule has 0 saturated heterocycles. The second kappa shape index (κ2) is 9.02. The molecule has 1 N–H and O–H groups in total. The summed E-state index contributed by atoms with van der Waals surface area (Å²) in [7, 11) is 1.63. The Morgan fingerprint density at radius 3 is 2.15 bits per heavy atom. The number of ether oxygens (including phenoxy) is 2. The van der Waals surface area contributed by atoms with Crippen LogP contribution < -0.4 is 14.8 Å². The van der Waals surface area contributed by atoms with Crippen LogP contribution in [0.2, 0.25) is 0 Å². The largest absolute Gasteiger partial charge is 0.493 e. The standard InChI is InChI=1S/C22H21NO2S/c1-24-21-14-19(22(26)23-15-17-8-4-2-5-9-17)12-13-20(21)25-16-18-10-6-3-7-11-18/h2-14H,15-16H2,1H3,(H,23,26). The van der Waals surface area contributed by atoms with Crippen LogP contribution in [0, 0.1) is 0 Å². The lowest BCUT2D eigenvalue weighted by atomic mass is 10.1. The molecule has 3 rings (SSSR count). The van der Waals surface area contributed by atoms with E-state index >= 15 is 0 Å². The molecular formula is C22H21NO2S. The van der Waals surface area contributed by atoms with E-state index in [4.69, 9.17) is 21.7 Å². The average molecular weight is 363 g/mol. The van der Waals surface area contributed by atoms with Gasteiger partial charge in [-0.1, -0.05) is 72.9 Å². The fraction of sp³-hybridized carbons (Fsp3) is 0.136. The Balaban J connectivity index is 1.64. The Bertz CT molecular complexity index is 851. The van der Waals surface area contributed by atoms with E-state index in [1.807, 2.05) is 66.7 Å². The van der Waals surface area contributed by atoms with Crippen LogP contribution in [0.1, 0.15) is 16.7 Å². The number of hydrogen-bond acceptors (Lipinski definition) is 3. The molecular weight excluding hydrogens is 342 g/mol. The van der Waals surface area contributed by atoms with Gasteiger partial charge in [0.15, 0.2) is 11.5 Å². The molecule has 0 amide bonds. The quantitative estimate of drug-likeness (QED) is 0.614. The van der Waals surface area contributed by atoms with Gasteiger partial charge in [-0.05, 0) is 29.3 Å². The van der Waals surface area contributed by atoms with Crippen LogP contribution in [-0.2, 0) is 13.2 Å². The van der Waals surface area contributed by atoms with E-state index in [-0.39, 0.29) is 0 Å². The molecule has 0 heterocycles. The summed E-state index contributed by atoms with van der Waals surface area (Å²) >= 11 is 5.50. The van der Waals surface area contributed by atoms with Gasteiger partial charge in [-0.25, -0.2) is 0 Å². The molecule has 0 radical (unpaired) electrons. The van der Waals surface area contributed by atoms with Gasteiger partial charge < -0.3 is 14.8 Å². The number of rotatable bonds is 7. The fourth-order valence-corrected chi connectivity index (χ4v) is 2.74. The molecule has 3 nitrogen and oxygen atoms in total. The van der Waals surface area contributed by atoms with E-state index in [0.29, 0.717) is 29.6 Å². The Hall–Kier alpha value is -2.85. The van der Waals surface area contributed by atoms with Crippen molar-refractivity contribution in [3.8, 4) is 11.5 Å². The Labute approximate surface area is 159 Å². The van der Waals surface area contributed by atoms with Crippen LogP contribution >= 0.6 is 12.2 Å². The summed E-state index contributed by atoms with van der Waals surface area (Å²) < 4.78 is 11.4. The van der Waals surface area contributed by atoms with Crippen molar-refractivity contribution in [3.05, 3.63) is 95.6 Å². The van der Waals surface area contributed by atoms with Crippen LogP contribution in [0.15, 0.2) is 78.9 Å². The van der Waals surface area contributed by atoms with Gasteiger partial charge in [-0.2, -0.15) is 0 Å². The molecule has 0 atom stereocenters. The number of nitrogens with one attached hydrogen (secondary N) is 1. The van der Waals surface area contributed by atoms with Gasteiger partial charge in [0.2, 0.25) is 0 Å². The van der Waals surface area contributed by atoms with Crippen molar-refractivity contribution in [1.29, 1.82) is 0 Å². The summed E-state index contributed by atoms with van der Waals surface area (Å²) in [4.78, 5) is 0.682. The minimum Gasteiger partial charge on any atom is -0.493 e. The minimum absolute atomic E-state index is 0.493. The summed E-state index contributed by atoms with van der Waals surface area (Å²) in [6.07, 6.45) is 0. The van der Waals surface area contributed by atoms with Crippen molar-refractivity contribution in [1.82, 2.24) is 5.32 Å². The molecule has 3 aromatic carbocycles. The highest BCUT2D eigenvalue weighted by Gasteiger charge is 2.09. The lowest BCUT2D eigenvalue weighted by Gasteiger charge is -2.14. The topological polar surface area (TPSA) is 30.5 Å². The smallest absolute Gasteiger partial charge is 0.161 e. The van der Waals surface area contributed by atoms with Gasteiger partial charge in [0.1, 0.15) is 11.6 Å². The summed E-state index contributed by atoms with van der Waals surface area (Å²) in [6.45, 7) is 1.18. The lowest BCUT2D eigenvalue weighted by Crippen LogP contribution is -2.21. The second-order valence-corrected chi connectivity index (χ2v) is 6.22. The minimum atomic E-state index is 0.493. The van der Waals surface area contributed by atoms with Gasteiger partial charge >= 0.3 is 0 Å². The van der Waals surface area contributed by atoms with Crippen molar-refractivity contribution in [3.63, 3.8) is 0 Å². The van der Waals surface area contributed by atoms with Crippen molar-refractivity contribution in [2.75, 3.05) is 7.11 Å². The third-order valence-corrected chi connectivity index (χ3v) is 4.34. The van der Waals surface area contributed by atoms with Crippen LogP contribution in [0.25, 0.3) is 0 Å². The average Bonchev–Trinajstić information content (AvgIpc) is 2.72. The monoisotopic (exact) mass is 363 g/mol. The number of hydrogen-bond donors (Lipinski definition) is 1. The van der Waals surface area contributed by atoms with Crippen LogP contribution in [0.4, 0.5) is 0 Å². The third kappa shape index (κ3) is 4.83. The maximum atomic E-state index is 5.89. The predicted octanol–water partition coefficient (Wildman–Crippen LogP) is 4.74. The van der Waals surface area contributed by atoms with Gasteiger partial charge in [0.25, 0.3) is 0 Å². The number of thiocarbonyl (C=S) groups is 1. The second-order valence-electron chi connectivity index (χ2n) is 5.81. The van der Waals surface area contributed by atoms with E-state index in [9.17, 15) is 0 Å². The van der Waals surface area contributed by atoms with E-state index in [1.165, 1.54) is 5.56 Å². The van der Waals surface area contributed by atoms with E-state index < -0.39 is 0 Å². The molecule has 4 heteroatoms. The highest BCUT2D eigenvalue weighted by Crippen LogP contribution is 2.29. The maximum Gasteiger partial charge on any atom is 0.161 e. The molecule has 0 saturated carbocycles. The zero-order valence-electron chi connectivity index (χ0n) is 14.6. The van der Waals surface area contributed by atoms with Gasteiger partial charge in [0, 0.05) is 12.1 Å². The van der Waals surface area contributed by atoms with Crippen molar-refractivity contribution >= 4 is 17.2 Å². The molecule has 0 bridgehead atoms. The van der Waals surface area contributed by atoms with Crippen molar-refractivity contribution < 1.29 is 9.47 Å². The van der Waals surface area contributed by atoms with Crippen LogP contribution in [-0.4, -0.2) is 12.1 Å². The highest BCUT2D eigenvalue weighted by molar-refractivity contribution is 7.80. The molecule has 132 valence electrons. The first-order valence-corrected chi connectivity index (χ1v) is 8.84. The molecule has 0 aliphatic carbocycles. The summed E-state index contributed by atoms with van der Waals surface area (Å²) in [6, 6.07) is 26.0. The maximum absolute atomic E-state index is 5.89. The van der Waals surface area contributed by atoms with Crippen LogP contribution in [0.5, 0.6) is 11.5 Å². The lowest BCUT2D eigenvalue weighted by molar-refractivity contribution is 0.284. The predicted molar refractivity (Wildman–Crippen MR) is 109 cm³/mol. The van der Waals surface area contributed by atoms with Crippen molar-refractivity contribution in [2.24, 2.45) is 0 Å². The highest BCUT2D eigenvalue weighted by atomic mass is 32.1. The van der Waals surface area contributed by atoms with Gasteiger partial charge in [-0.3, -0.25) is 0 Å². The zero-order chi connectivity index (χ0) is 18.2. The van der Waals surface area contributed by atoms with Crippen molar-refractivity contribution in [2.45, 2.75) is 13.2 Å². The Morgan fingerprint density at radius 1 is 0.846 bits per heavy atom. The fourth-order valence-electron chi connectivity index (χ4n) is 2.54. The molecule has 3 aromatic rings. The molecule has 0 unspecified atom stereocenters. The molecule has 0 fully saturated rings. The first-order valence-electron chi connectivity index (χ1n) is 8.43. The van der Waals surface area contributed by atoms with Gasteiger partial charge in [-0.15, -0.1) is 0 Å². The summed E-state index contributed by atoms with van der Waals surface area (Å²) in [5.41, 5.74) is 3.20. The van der Waals surface area contributed by atoms with E-state index in [2.05, 4.69) is 17.4 Å². The first kappa shape index (κ1) is 18.0. The van der Waals surface area contributed by atoms with Crippen LogP contribution in [0.3, 0.4) is 0 Å².